The van der Waals surface area contributed by atoms with Gasteiger partial charge in [0.05, 0.1) is 12.3 Å². The van der Waals surface area contributed by atoms with Gasteiger partial charge in [0.15, 0.2) is 0 Å². The first-order valence-electron chi connectivity index (χ1n) is 6.48. The van der Waals surface area contributed by atoms with Gasteiger partial charge in [-0.25, -0.2) is 0 Å². The maximum Gasteiger partial charge on any atom is 0.0716 e. The lowest BCUT2D eigenvalue weighted by Gasteiger charge is -2.10. The summed E-state index contributed by atoms with van der Waals surface area (Å²) in [6, 6.07) is 12.4. The molecule has 0 amide bonds. The van der Waals surface area contributed by atoms with Crippen molar-refractivity contribution in [2.24, 2.45) is 0 Å². The van der Waals surface area contributed by atoms with Crippen LogP contribution in [0.25, 0.3) is 0 Å². The van der Waals surface area contributed by atoms with Gasteiger partial charge in [0.25, 0.3) is 0 Å². The largest absolute Gasteiger partial charge is 0.380 e. The molecule has 2 aromatic rings. The topological polar surface area (TPSA) is 34.1 Å². The standard InChI is InChI=1S/C16H20N2O/c1-13-6-5-9-18-16(13)11-17-10-14-7-3-4-8-15(14)12-19-2/h3-9,17H,10-12H2,1-2H3. The van der Waals surface area contributed by atoms with Crippen LogP contribution in [0, 0.1) is 6.92 Å². The van der Waals surface area contributed by atoms with Gasteiger partial charge in [-0.15, -0.1) is 0 Å². The number of benzene rings is 1. The average Bonchev–Trinajstić information content (AvgIpc) is 2.43. The van der Waals surface area contributed by atoms with E-state index in [1.807, 2.05) is 18.3 Å². The molecule has 0 bridgehead atoms. The quantitative estimate of drug-likeness (QED) is 0.863. The fourth-order valence-corrected chi connectivity index (χ4v) is 2.05. The normalized spacial score (nSPS) is 10.6. The zero-order chi connectivity index (χ0) is 13.5. The highest BCUT2D eigenvalue weighted by Crippen LogP contribution is 2.10. The molecule has 19 heavy (non-hydrogen) atoms. The smallest absolute Gasteiger partial charge is 0.0716 e. The van der Waals surface area contributed by atoms with Crippen molar-refractivity contribution in [2.45, 2.75) is 26.6 Å². The molecular formula is C16H20N2O. The lowest BCUT2D eigenvalue weighted by molar-refractivity contribution is 0.184. The van der Waals surface area contributed by atoms with Crippen molar-refractivity contribution in [3.05, 3.63) is 65.0 Å². The molecule has 0 radical (unpaired) electrons. The predicted octanol–water partition coefficient (Wildman–Crippen LogP) is 2.83. The summed E-state index contributed by atoms with van der Waals surface area (Å²) < 4.78 is 5.21. The Bertz CT molecular complexity index is 526. The number of nitrogens with zero attached hydrogens (tertiary/aromatic N) is 1. The number of hydrogen-bond donors (Lipinski definition) is 1. The van der Waals surface area contributed by atoms with E-state index in [9.17, 15) is 0 Å². The number of methoxy groups -OCH3 is 1. The number of rotatable bonds is 6. The first-order valence-corrected chi connectivity index (χ1v) is 6.48. The van der Waals surface area contributed by atoms with E-state index in [1.54, 1.807) is 7.11 Å². The van der Waals surface area contributed by atoms with Crippen molar-refractivity contribution in [3.8, 4) is 0 Å². The first-order chi connectivity index (χ1) is 9.31. The molecule has 0 aliphatic heterocycles. The van der Waals surface area contributed by atoms with E-state index in [0.717, 1.165) is 18.8 Å². The molecule has 0 spiro atoms. The van der Waals surface area contributed by atoms with E-state index in [4.69, 9.17) is 4.74 Å². The van der Waals surface area contributed by atoms with E-state index in [-0.39, 0.29) is 0 Å². The Hall–Kier alpha value is -1.71. The SMILES string of the molecule is COCc1ccccc1CNCc1ncccc1C. The van der Waals surface area contributed by atoms with Crippen molar-refractivity contribution in [2.75, 3.05) is 7.11 Å². The molecule has 100 valence electrons. The summed E-state index contributed by atoms with van der Waals surface area (Å²) in [4.78, 5) is 4.38. The summed E-state index contributed by atoms with van der Waals surface area (Å²) in [6.45, 7) is 4.35. The molecule has 3 nitrogen and oxygen atoms in total. The zero-order valence-electron chi connectivity index (χ0n) is 11.5. The van der Waals surface area contributed by atoms with E-state index < -0.39 is 0 Å². The molecule has 0 aliphatic rings. The maximum atomic E-state index is 5.21. The Morgan fingerprint density at radius 2 is 1.84 bits per heavy atom. The molecule has 1 heterocycles. The highest BCUT2D eigenvalue weighted by Gasteiger charge is 2.02. The van der Waals surface area contributed by atoms with Gasteiger partial charge in [0.1, 0.15) is 0 Å². The highest BCUT2D eigenvalue weighted by atomic mass is 16.5. The van der Waals surface area contributed by atoms with Crippen LogP contribution >= 0.6 is 0 Å². The van der Waals surface area contributed by atoms with Gasteiger partial charge in [-0.2, -0.15) is 0 Å². The summed E-state index contributed by atoms with van der Waals surface area (Å²) in [7, 11) is 1.72. The minimum atomic E-state index is 0.653. The molecule has 2 rings (SSSR count). The van der Waals surface area contributed by atoms with Crippen LogP contribution in [0.15, 0.2) is 42.6 Å². The van der Waals surface area contributed by atoms with Crippen LogP contribution in [-0.2, 0) is 24.4 Å². The third kappa shape index (κ3) is 3.88. The first kappa shape index (κ1) is 13.7. The number of aryl methyl sites for hydroxylation is 1. The second kappa shape index (κ2) is 7.02. The van der Waals surface area contributed by atoms with Gasteiger partial charge in [0.2, 0.25) is 0 Å². The van der Waals surface area contributed by atoms with Gasteiger partial charge in [-0.1, -0.05) is 30.3 Å². The van der Waals surface area contributed by atoms with Crippen LogP contribution in [-0.4, -0.2) is 12.1 Å². The van der Waals surface area contributed by atoms with Crippen LogP contribution in [0.4, 0.5) is 0 Å². The van der Waals surface area contributed by atoms with Crippen molar-refractivity contribution in [3.63, 3.8) is 0 Å². The Morgan fingerprint density at radius 1 is 1.05 bits per heavy atom. The number of hydrogen-bond acceptors (Lipinski definition) is 3. The average molecular weight is 256 g/mol. The molecular weight excluding hydrogens is 236 g/mol. The van der Waals surface area contributed by atoms with E-state index in [1.165, 1.54) is 16.7 Å². The molecule has 0 fully saturated rings. The Kier molecular flexibility index (Phi) is 5.07. The second-order valence-electron chi connectivity index (χ2n) is 4.57. The third-order valence-electron chi connectivity index (χ3n) is 3.14. The van der Waals surface area contributed by atoms with E-state index in [0.29, 0.717) is 6.61 Å². The Morgan fingerprint density at radius 3 is 2.58 bits per heavy atom. The zero-order valence-corrected chi connectivity index (χ0v) is 11.5. The fourth-order valence-electron chi connectivity index (χ4n) is 2.05. The Labute approximate surface area is 114 Å². The molecule has 1 aromatic heterocycles. The molecule has 0 saturated heterocycles. The van der Waals surface area contributed by atoms with Gasteiger partial charge in [0, 0.05) is 26.4 Å². The molecule has 0 aliphatic carbocycles. The van der Waals surface area contributed by atoms with Gasteiger partial charge >= 0.3 is 0 Å². The second-order valence-corrected chi connectivity index (χ2v) is 4.57. The van der Waals surface area contributed by atoms with Crippen LogP contribution in [0.2, 0.25) is 0 Å². The molecule has 0 unspecified atom stereocenters. The minimum Gasteiger partial charge on any atom is -0.380 e. The summed E-state index contributed by atoms with van der Waals surface area (Å²) in [6.07, 6.45) is 1.84. The lowest BCUT2D eigenvalue weighted by atomic mass is 10.1. The highest BCUT2D eigenvalue weighted by molar-refractivity contribution is 5.26. The Balaban J connectivity index is 1.94. The van der Waals surface area contributed by atoms with Crippen LogP contribution in [0.1, 0.15) is 22.4 Å². The lowest BCUT2D eigenvalue weighted by Crippen LogP contribution is -2.15. The van der Waals surface area contributed by atoms with Crippen LogP contribution in [0.3, 0.4) is 0 Å². The van der Waals surface area contributed by atoms with E-state index >= 15 is 0 Å². The van der Waals surface area contributed by atoms with Crippen molar-refractivity contribution < 1.29 is 4.74 Å². The molecule has 3 heteroatoms. The monoisotopic (exact) mass is 256 g/mol. The van der Waals surface area contributed by atoms with Crippen molar-refractivity contribution in [1.82, 2.24) is 10.3 Å². The van der Waals surface area contributed by atoms with E-state index in [2.05, 4.69) is 41.5 Å². The van der Waals surface area contributed by atoms with Gasteiger partial charge < -0.3 is 10.1 Å². The van der Waals surface area contributed by atoms with Gasteiger partial charge in [-0.05, 0) is 29.7 Å². The van der Waals surface area contributed by atoms with Crippen molar-refractivity contribution in [1.29, 1.82) is 0 Å². The number of pyridine rings is 1. The molecule has 1 aromatic carbocycles. The predicted molar refractivity (Wildman–Crippen MR) is 76.7 cm³/mol. The van der Waals surface area contributed by atoms with Crippen molar-refractivity contribution >= 4 is 0 Å². The summed E-state index contributed by atoms with van der Waals surface area (Å²) >= 11 is 0. The maximum absolute atomic E-state index is 5.21. The number of nitrogens with one attached hydrogen (secondary N) is 1. The summed E-state index contributed by atoms with van der Waals surface area (Å²) in [5.74, 6) is 0. The molecule has 1 N–H and O–H groups in total. The number of ether oxygens (including phenoxy) is 1. The fraction of sp³-hybridized carbons (Fsp3) is 0.312. The molecule has 0 atom stereocenters. The summed E-state index contributed by atoms with van der Waals surface area (Å²) in [5.41, 5.74) is 4.83. The molecule has 0 saturated carbocycles. The minimum absolute atomic E-state index is 0.653. The van der Waals surface area contributed by atoms with Gasteiger partial charge in [-0.3, -0.25) is 4.98 Å². The van der Waals surface area contributed by atoms with Crippen LogP contribution < -0.4 is 5.32 Å². The third-order valence-corrected chi connectivity index (χ3v) is 3.14. The number of aromatic nitrogens is 1. The van der Waals surface area contributed by atoms with Crippen LogP contribution in [0.5, 0.6) is 0 Å². The summed E-state index contributed by atoms with van der Waals surface area (Å²) in [5, 5.41) is 3.44.